The molecule has 0 aromatic heterocycles. The van der Waals surface area contributed by atoms with Crippen molar-refractivity contribution in [2.45, 2.75) is 12.5 Å². The van der Waals surface area contributed by atoms with Gasteiger partial charge in [0.25, 0.3) is 0 Å². The lowest BCUT2D eigenvalue weighted by molar-refractivity contribution is -0.117. The second-order valence-corrected chi connectivity index (χ2v) is 5.46. The van der Waals surface area contributed by atoms with E-state index in [9.17, 15) is 4.79 Å². The van der Waals surface area contributed by atoms with Crippen LogP contribution in [0.1, 0.15) is 6.42 Å². The summed E-state index contributed by atoms with van der Waals surface area (Å²) in [4.78, 5) is 11.9. The molecule has 5 nitrogen and oxygen atoms in total. The summed E-state index contributed by atoms with van der Waals surface area (Å²) >= 11 is 7.72. The van der Waals surface area contributed by atoms with Gasteiger partial charge in [-0.2, -0.15) is 11.8 Å². The zero-order valence-corrected chi connectivity index (χ0v) is 12.0. The molecule has 1 aliphatic heterocycles. The van der Waals surface area contributed by atoms with Crippen molar-refractivity contribution in [3.63, 3.8) is 0 Å². The highest BCUT2D eigenvalue weighted by molar-refractivity contribution is 7.98. The van der Waals surface area contributed by atoms with Crippen LogP contribution in [0.25, 0.3) is 0 Å². The number of nitrogens with one attached hydrogen (secondary N) is 1. The third-order valence-electron chi connectivity index (χ3n) is 2.69. The number of fused-ring (bicyclic) bond motifs is 1. The van der Waals surface area contributed by atoms with Gasteiger partial charge in [-0.3, -0.25) is 4.79 Å². The number of benzene rings is 1. The molecule has 1 aromatic carbocycles. The van der Waals surface area contributed by atoms with Gasteiger partial charge in [0, 0.05) is 12.1 Å². The Balaban J connectivity index is 2.04. The van der Waals surface area contributed by atoms with Gasteiger partial charge >= 0.3 is 0 Å². The van der Waals surface area contributed by atoms with Crippen molar-refractivity contribution in [2.24, 2.45) is 5.73 Å². The Kier molecular flexibility index (Phi) is 4.79. The molecule has 1 aliphatic rings. The van der Waals surface area contributed by atoms with E-state index in [0.29, 0.717) is 28.6 Å². The molecule has 0 bridgehead atoms. The number of thioether (sulfide) groups is 1. The third kappa shape index (κ3) is 3.46. The van der Waals surface area contributed by atoms with Crippen LogP contribution in [0.15, 0.2) is 12.1 Å². The normalized spacial score (nSPS) is 14.3. The molecule has 1 amide bonds. The van der Waals surface area contributed by atoms with E-state index in [4.69, 9.17) is 26.8 Å². The van der Waals surface area contributed by atoms with Crippen molar-refractivity contribution in [2.75, 3.05) is 24.1 Å². The molecule has 2 rings (SSSR count). The molecule has 7 heteroatoms. The average Bonchev–Trinajstić information content (AvgIpc) is 2.83. The number of anilines is 1. The quantitative estimate of drug-likeness (QED) is 0.871. The van der Waals surface area contributed by atoms with Gasteiger partial charge < -0.3 is 20.5 Å². The maximum absolute atomic E-state index is 11.9. The Hall–Kier alpha value is -1.11. The van der Waals surface area contributed by atoms with Crippen molar-refractivity contribution in [3.8, 4) is 11.5 Å². The lowest BCUT2D eigenvalue weighted by Gasteiger charge is -2.13. The van der Waals surface area contributed by atoms with Crippen LogP contribution in [0.3, 0.4) is 0 Å². The van der Waals surface area contributed by atoms with Crippen molar-refractivity contribution >= 4 is 35.0 Å². The fourth-order valence-corrected chi connectivity index (χ4v) is 2.30. The number of halogens is 1. The maximum atomic E-state index is 11.9. The molecule has 104 valence electrons. The van der Waals surface area contributed by atoms with Crippen molar-refractivity contribution in [3.05, 3.63) is 17.2 Å². The molecule has 0 spiro atoms. The highest BCUT2D eigenvalue weighted by Gasteiger charge is 2.19. The predicted octanol–water partition coefficient (Wildman–Crippen LogP) is 2.09. The lowest BCUT2D eigenvalue weighted by Crippen LogP contribution is -2.36. The number of carbonyl (C=O) groups is 1. The molecular weight excluding hydrogens is 288 g/mol. The minimum atomic E-state index is -0.547. The van der Waals surface area contributed by atoms with Gasteiger partial charge in [0.1, 0.15) is 0 Å². The molecule has 1 heterocycles. The monoisotopic (exact) mass is 302 g/mol. The highest BCUT2D eigenvalue weighted by Crippen LogP contribution is 2.39. The minimum Gasteiger partial charge on any atom is -0.454 e. The summed E-state index contributed by atoms with van der Waals surface area (Å²) in [6, 6.07) is 2.71. The summed E-state index contributed by atoms with van der Waals surface area (Å²) in [6.45, 7) is 0.163. The summed E-state index contributed by atoms with van der Waals surface area (Å²) in [5, 5.41) is 3.11. The van der Waals surface area contributed by atoms with Crippen molar-refractivity contribution in [1.82, 2.24) is 0 Å². The number of hydrogen-bond donors (Lipinski definition) is 2. The summed E-state index contributed by atoms with van der Waals surface area (Å²) < 4.78 is 10.4. The first-order valence-electron chi connectivity index (χ1n) is 5.76. The molecule has 3 N–H and O–H groups in total. The van der Waals surface area contributed by atoms with Crippen LogP contribution < -0.4 is 20.5 Å². The van der Waals surface area contributed by atoms with Crippen LogP contribution in [0.5, 0.6) is 11.5 Å². The van der Waals surface area contributed by atoms with E-state index in [0.717, 1.165) is 5.75 Å². The average molecular weight is 303 g/mol. The van der Waals surface area contributed by atoms with E-state index in [1.54, 1.807) is 23.9 Å². The molecule has 0 radical (unpaired) electrons. The SMILES string of the molecule is CSCC[C@@H](N)C(=O)Nc1cc2c(cc1Cl)OCO2. The smallest absolute Gasteiger partial charge is 0.241 e. The number of carbonyl (C=O) groups excluding carboxylic acids is 1. The number of amides is 1. The lowest BCUT2D eigenvalue weighted by atomic mass is 10.2. The van der Waals surface area contributed by atoms with Crippen LogP contribution in [0.4, 0.5) is 5.69 Å². The van der Waals surface area contributed by atoms with Gasteiger partial charge in [0.05, 0.1) is 16.8 Å². The summed E-state index contributed by atoms with van der Waals surface area (Å²) in [6.07, 6.45) is 2.59. The topological polar surface area (TPSA) is 73.6 Å². The summed E-state index contributed by atoms with van der Waals surface area (Å²) in [7, 11) is 0. The predicted molar refractivity (Wildman–Crippen MR) is 77.2 cm³/mol. The van der Waals surface area contributed by atoms with Gasteiger partial charge in [0.2, 0.25) is 12.7 Å². The molecule has 1 atom stereocenters. The number of hydrogen-bond acceptors (Lipinski definition) is 5. The zero-order chi connectivity index (χ0) is 13.8. The second kappa shape index (κ2) is 6.36. The Morgan fingerprint density at radius 1 is 1.53 bits per heavy atom. The Bertz CT molecular complexity index is 484. The first kappa shape index (κ1) is 14.3. The largest absolute Gasteiger partial charge is 0.454 e. The Labute approximate surface area is 120 Å². The van der Waals surface area contributed by atoms with Gasteiger partial charge in [0.15, 0.2) is 11.5 Å². The number of nitrogens with two attached hydrogens (primary N) is 1. The third-order valence-corrected chi connectivity index (χ3v) is 3.65. The Morgan fingerprint density at radius 3 is 2.89 bits per heavy atom. The molecule has 1 aromatic rings. The summed E-state index contributed by atoms with van der Waals surface area (Å²) in [5.74, 6) is 1.73. The molecule has 0 saturated heterocycles. The van der Waals surface area contributed by atoms with E-state index in [-0.39, 0.29) is 12.7 Å². The summed E-state index contributed by atoms with van der Waals surface area (Å²) in [5.41, 5.74) is 6.27. The Morgan fingerprint density at radius 2 is 2.21 bits per heavy atom. The van der Waals surface area contributed by atoms with E-state index in [1.807, 2.05) is 6.26 Å². The van der Waals surface area contributed by atoms with Crippen molar-refractivity contribution < 1.29 is 14.3 Å². The van der Waals surface area contributed by atoms with E-state index >= 15 is 0 Å². The number of rotatable bonds is 5. The fourth-order valence-electron chi connectivity index (χ4n) is 1.61. The second-order valence-electron chi connectivity index (χ2n) is 4.06. The minimum absolute atomic E-state index is 0.163. The van der Waals surface area contributed by atoms with Gasteiger partial charge in [-0.05, 0) is 18.4 Å². The molecule has 0 aliphatic carbocycles. The van der Waals surface area contributed by atoms with Crippen LogP contribution in [0, 0.1) is 0 Å². The van der Waals surface area contributed by atoms with E-state index in [2.05, 4.69) is 5.32 Å². The first-order chi connectivity index (χ1) is 9.11. The van der Waals surface area contributed by atoms with Crippen LogP contribution in [-0.2, 0) is 4.79 Å². The number of ether oxygens (including phenoxy) is 2. The van der Waals surface area contributed by atoms with Gasteiger partial charge in [-0.1, -0.05) is 11.6 Å². The maximum Gasteiger partial charge on any atom is 0.241 e. The standard InChI is InChI=1S/C12H15ClN2O3S/c1-19-3-2-8(14)12(16)15-9-5-11-10(4-7(9)13)17-6-18-11/h4-5,8H,2-3,6,14H2,1H3,(H,15,16)/t8-/m1/s1. The highest BCUT2D eigenvalue weighted by atomic mass is 35.5. The van der Waals surface area contributed by atoms with Crippen LogP contribution >= 0.6 is 23.4 Å². The van der Waals surface area contributed by atoms with Crippen LogP contribution in [0.2, 0.25) is 5.02 Å². The molecule has 0 fully saturated rings. The van der Waals surface area contributed by atoms with Gasteiger partial charge in [-0.25, -0.2) is 0 Å². The zero-order valence-electron chi connectivity index (χ0n) is 10.4. The molecule has 0 saturated carbocycles. The van der Waals surface area contributed by atoms with E-state index < -0.39 is 6.04 Å². The molecular formula is C12H15ClN2O3S. The van der Waals surface area contributed by atoms with Crippen LogP contribution in [-0.4, -0.2) is 30.8 Å². The molecule has 19 heavy (non-hydrogen) atoms. The molecule has 0 unspecified atom stereocenters. The fraction of sp³-hybridized carbons (Fsp3) is 0.417. The first-order valence-corrected chi connectivity index (χ1v) is 7.53. The van der Waals surface area contributed by atoms with E-state index in [1.165, 1.54) is 0 Å². The van der Waals surface area contributed by atoms with Crippen molar-refractivity contribution in [1.29, 1.82) is 0 Å². The van der Waals surface area contributed by atoms with Gasteiger partial charge in [-0.15, -0.1) is 0 Å².